The van der Waals surface area contributed by atoms with Gasteiger partial charge in [-0.1, -0.05) is 5.16 Å². The zero-order valence-corrected chi connectivity index (χ0v) is 9.55. The van der Waals surface area contributed by atoms with Gasteiger partial charge in [0.05, 0.1) is 6.26 Å². The molecule has 0 rings (SSSR count). The fourth-order valence-corrected chi connectivity index (χ4v) is 1.38. The van der Waals surface area contributed by atoms with Gasteiger partial charge in [-0.05, 0) is 13.0 Å². The van der Waals surface area contributed by atoms with Gasteiger partial charge in [0, 0.05) is 19.5 Å². The van der Waals surface area contributed by atoms with Crippen molar-refractivity contribution in [3.63, 3.8) is 0 Å². The van der Waals surface area contributed by atoms with E-state index in [2.05, 4.69) is 15.2 Å². The van der Waals surface area contributed by atoms with Crippen LogP contribution in [-0.2, 0) is 10.0 Å². The van der Waals surface area contributed by atoms with Crippen molar-refractivity contribution in [2.24, 2.45) is 10.9 Å². The number of hydrogen-bond donors (Lipinski definition) is 4. The van der Waals surface area contributed by atoms with E-state index < -0.39 is 10.0 Å². The molecule has 0 aromatic carbocycles. The van der Waals surface area contributed by atoms with Crippen LogP contribution in [0.15, 0.2) is 5.16 Å². The van der Waals surface area contributed by atoms with Crippen molar-refractivity contribution in [3.8, 4) is 0 Å². The molecule has 0 bridgehead atoms. The number of rotatable bonds is 8. The Morgan fingerprint density at radius 3 is 2.60 bits per heavy atom. The standard InChI is InChI=1S/C7H18N4O3S/c1-15(13,14)10-5-2-4-9-6-3-7(8)11-12/h9-10,12H,2-6H2,1H3,(H2,8,11). The van der Waals surface area contributed by atoms with E-state index in [1.807, 2.05) is 0 Å². The second-order valence-corrected chi connectivity index (χ2v) is 4.94. The van der Waals surface area contributed by atoms with Crippen molar-refractivity contribution in [1.82, 2.24) is 10.0 Å². The molecule has 0 amide bonds. The predicted octanol–water partition coefficient (Wildman–Crippen LogP) is -1.35. The lowest BCUT2D eigenvalue weighted by Gasteiger charge is -2.04. The lowest BCUT2D eigenvalue weighted by Crippen LogP contribution is -2.28. The summed E-state index contributed by atoms with van der Waals surface area (Å²) in [7, 11) is -3.08. The summed E-state index contributed by atoms with van der Waals surface area (Å²) in [4.78, 5) is 0. The molecule has 0 unspecified atom stereocenters. The van der Waals surface area contributed by atoms with Crippen LogP contribution in [0.5, 0.6) is 0 Å². The van der Waals surface area contributed by atoms with Crippen molar-refractivity contribution in [2.45, 2.75) is 12.8 Å². The highest BCUT2D eigenvalue weighted by Crippen LogP contribution is 1.80. The van der Waals surface area contributed by atoms with Crippen molar-refractivity contribution < 1.29 is 13.6 Å². The highest BCUT2D eigenvalue weighted by molar-refractivity contribution is 7.88. The number of oxime groups is 1. The molecule has 0 fully saturated rings. The molecule has 0 aliphatic rings. The van der Waals surface area contributed by atoms with Gasteiger partial charge in [-0.25, -0.2) is 13.1 Å². The molecular weight excluding hydrogens is 220 g/mol. The first-order valence-electron chi connectivity index (χ1n) is 4.57. The van der Waals surface area contributed by atoms with E-state index in [4.69, 9.17) is 10.9 Å². The number of nitrogens with zero attached hydrogens (tertiary/aromatic N) is 1. The summed E-state index contributed by atoms with van der Waals surface area (Å²) in [5, 5.41) is 14.1. The molecule has 90 valence electrons. The Kier molecular flexibility index (Phi) is 7.01. The van der Waals surface area contributed by atoms with Crippen LogP contribution < -0.4 is 15.8 Å². The summed E-state index contributed by atoms with van der Waals surface area (Å²) < 4.78 is 23.7. The quantitative estimate of drug-likeness (QED) is 0.137. The van der Waals surface area contributed by atoms with Crippen LogP contribution in [0, 0.1) is 0 Å². The molecule has 0 radical (unpaired) electrons. The SMILES string of the molecule is CS(=O)(=O)NCCCNCCC(N)=NO. The number of nitrogens with one attached hydrogen (secondary N) is 2. The highest BCUT2D eigenvalue weighted by atomic mass is 32.2. The molecule has 8 heteroatoms. The third kappa shape index (κ3) is 11.1. The number of sulfonamides is 1. The van der Waals surface area contributed by atoms with E-state index in [1.165, 1.54) is 0 Å². The van der Waals surface area contributed by atoms with Gasteiger partial charge in [-0.2, -0.15) is 0 Å². The highest BCUT2D eigenvalue weighted by Gasteiger charge is 1.98. The van der Waals surface area contributed by atoms with Gasteiger partial charge < -0.3 is 16.3 Å². The van der Waals surface area contributed by atoms with Gasteiger partial charge in [0.1, 0.15) is 5.84 Å². The van der Waals surface area contributed by atoms with Crippen LogP contribution in [0.1, 0.15) is 12.8 Å². The first-order valence-corrected chi connectivity index (χ1v) is 6.46. The average Bonchev–Trinajstić information content (AvgIpc) is 2.14. The average molecular weight is 238 g/mol. The maximum absolute atomic E-state index is 10.7. The van der Waals surface area contributed by atoms with Crippen LogP contribution in [0.2, 0.25) is 0 Å². The summed E-state index contributed by atoms with van der Waals surface area (Å²) in [6.45, 7) is 1.70. The van der Waals surface area contributed by atoms with E-state index in [1.54, 1.807) is 0 Å². The fourth-order valence-electron chi connectivity index (χ4n) is 0.862. The monoisotopic (exact) mass is 238 g/mol. The van der Waals surface area contributed by atoms with E-state index in [-0.39, 0.29) is 5.84 Å². The molecule has 0 atom stereocenters. The Balaban J connectivity index is 3.26. The normalized spacial score (nSPS) is 13.0. The second-order valence-electron chi connectivity index (χ2n) is 3.11. The molecule has 0 aromatic rings. The summed E-state index contributed by atoms with van der Waals surface area (Å²) in [6, 6.07) is 0. The van der Waals surface area contributed by atoms with Crippen molar-refractivity contribution in [2.75, 3.05) is 25.9 Å². The molecular formula is C7H18N4O3S. The third-order valence-electron chi connectivity index (χ3n) is 1.58. The summed E-state index contributed by atoms with van der Waals surface area (Å²) in [5.41, 5.74) is 5.24. The molecule has 0 aromatic heterocycles. The molecule has 0 spiro atoms. The maximum Gasteiger partial charge on any atom is 0.208 e. The Labute approximate surface area is 89.8 Å². The first-order chi connectivity index (χ1) is 6.95. The van der Waals surface area contributed by atoms with Crippen LogP contribution >= 0.6 is 0 Å². The summed E-state index contributed by atoms with van der Waals surface area (Å²) in [5.74, 6) is 0.178. The zero-order valence-electron chi connectivity index (χ0n) is 8.73. The van der Waals surface area contributed by atoms with Crippen LogP contribution in [-0.4, -0.2) is 45.4 Å². The fraction of sp³-hybridized carbons (Fsp3) is 0.857. The Morgan fingerprint density at radius 2 is 2.07 bits per heavy atom. The van der Waals surface area contributed by atoms with Gasteiger partial charge in [0.2, 0.25) is 10.0 Å². The Bertz CT molecular complexity index is 289. The van der Waals surface area contributed by atoms with E-state index >= 15 is 0 Å². The molecule has 15 heavy (non-hydrogen) atoms. The first kappa shape index (κ1) is 14.1. The van der Waals surface area contributed by atoms with Gasteiger partial charge in [0.25, 0.3) is 0 Å². The molecule has 7 nitrogen and oxygen atoms in total. The van der Waals surface area contributed by atoms with Crippen molar-refractivity contribution in [1.29, 1.82) is 0 Å². The molecule has 5 N–H and O–H groups in total. The Hall–Kier alpha value is -0.860. The van der Waals surface area contributed by atoms with Gasteiger partial charge in [-0.15, -0.1) is 0 Å². The molecule has 0 heterocycles. The second kappa shape index (κ2) is 7.43. The van der Waals surface area contributed by atoms with Crippen molar-refractivity contribution in [3.05, 3.63) is 0 Å². The van der Waals surface area contributed by atoms with Gasteiger partial charge >= 0.3 is 0 Å². The smallest absolute Gasteiger partial charge is 0.208 e. The lowest BCUT2D eigenvalue weighted by molar-refractivity contribution is 0.316. The van der Waals surface area contributed by atoms with Crippen LogP contribution in [0.4, 0.5) is 0 Å². The summed E-state index contributed by atoms with van der Waals surface area (Å²) in [6.07, 6.45) is 2.29. The maximum atomic E-state index is 10.7. The molecule has 0 aliphatic carbocycles. The molecule has 0 saturated carbocycles. The zero-order chi connectivity index (χ0) is 11.7. The van der Waals surface area contributed by atoms with Crippen LogP contribution in [0.3, 0.4) is 0 Å². The summed E-state index contributed by atoms with van der Waals surface area (Å²) >= 11 is 0. The van der Waals surface area contributed by atoms with Gasteiger partial charge in [-0.3, -0.25) is 0 Å². The largest absolute Gasteiger partial charge is 0.409 e. The van der Waals surface area contributed by atoms with Crippen molar-refractivity contribution >= 4 is 15.9 Å². The minimum Gasteiger partial charge on any atom is -0.409 e. The van der Waals surface area contributed by atoms with Crippen LogP contribution in [0.25, 0.3) is 0 Å². The molecule has 0 saturated heterocycles. The van der Waals surface area contributed by atoms with E-state index in [9.17, 15) is 8.42 Å². The number of nitrogens with two attached hydrogens (primary N) is 1. The minimum absolute atomic E-state index is 0.178. The number of amidine groups is 1. The van der Waals surface area contributed by atoms with Gasteiger partial charge in [0.15, 0.2) is 0 Å². The number of hydrogen-bond acceptors (Lipinski definition) is 5. The molecule has 0 aliphatic heterocycles. The van der Waals surface area contributed by atoms with E-state index in [0.717, 1.165) is 6.26 Å². The predicted molar refractivity (Wildman–Crippen MR) is 58.4 cm³/mol. The Morgan fingerprint density at radius 1 is 1.40 bits per heavy atom. The minimum atomic E-state index is -3.08. The lowest BCUT2D eigenvalue weighted by atomic mass is 10.3. The topological polar surface area (TPSA) is 117 Å². The third-order valence-corrected chi connectivity index (χ3v) is 2.31. The van der Waals surface area contributed by atoms with E-state index in [0.29, 0.717) is 32.5 Å².